The number of carbonyl (C=O) groups excluding carboxylic acids is 1. The Labute approximate surface area is 117 Å². The van der Waals surface area contributed by atoms with E-state index in [9.17, 15) is 4.79 Å². The molecule has 0 atom stereocenters. The van der Waals surface area contributed by atoms with Crippen molar-refractivity contribution >= 4 is 5.78 Å². The van der Waals surface area contributed by atoms with Gasteiger partial charge in [0.05, 0.1) is 6.54 Å². The van der Waals surface area contributed by atoms with Crippen molar-refractivity contribution in [1.29, 1.82) is 0 Å². The van der Waals surface area contributed by atoms with Gasteiger partial charge in [-0.15, -0.1) is 0 Å². The van der Waals surface area contributed by atoms with Crippen molar-refractivity contribution in [3.63, 3.8) is 0 Å². The fourth-order valence-electron chi connectivity index (χ4n) is 2.19. The standard InChI is InChI=1S/C16H26N2O/c1-13-7-8-15(14(2)11-13)16(19)12-18(5)10-6-9-17(3)4/h7-8,11H,6,9-10,12H2,1-5H3. The summed E-state index contributed by atoms with van der Waals surface area (Å²) >= 11 is 0. The molecule has 0 saturated carbocycles. The molecule has 19 heavy (non-hydrogen) atoms. The van der Waals surface area contributed by atoms with Crippen molar-refractivity contribution in [2.75, 3.05) is 40.8 Å². The summed E-state index contributed by atoms with van der Waals surface area (Å²) in [7, 11) is 6.15. The summed E-state index contributed by atoms with van der Waals surface area (Å²) in [5.74, 6) is 0.213. The third kappa shape index (κ3) is 5.53. The third-order valence-electron chi connectivity index (χ3n) is 3.24. The highest BCUT2D eigenvalue weighted by molar-refractivity contribution is 5.98. The number of nitrogens with zero attached hydrogens (tertiary/aromatic N) is 2. The predicted octanol–water partition coefficient (Wildman–Crippen LogP) is 2.37. The average molecular weight is 262 g/mol. The van der Waals surface area contributed by atoms with Crippen molar-refractivity contribution in [3.05, 3.63) is 34.9 Å². The van der Waals surface area contributed by atoms with Gasteiger partial charge in [-0.3, -0.25) is 9.69 Å². The van der Waals surface area contributed by atoms with Crippen LogP contribution in [0.1, 0.15) is 27.9 Å². The second-order valence-corrected chi connectivity index (χ2v) is 5.64. The van der Waals surface area contributed by atoms with Crippen LogP contribution in [0.15, 0.2) is 18.2 Å². The molecular formula is C16H26N2O. The number of carbonyl (C=O) groups is 1. The largest absolute Gasteiger partial charge is 0.309 e. The zero-order valence-corrected chi connectivity index (χ0v) is 12.9. The molecule has 0 aliphatic carbocycles. The maximum Gasteiger partial charge on any atom is 0.177 e. The highest BCUT2D eigenvalue weighted by Gasteiger charge is 2.11. The highest BCUT2D eigenvalue weighted by atomic mass is 16.1. The summed E-state index contributed by atoms with van der Waals surface area (Å²) in [5, 5.41) is 0. The summed E-state index contributed by atoms with van der Waals surface area (Å²) in [6.07, 6.45) is 1.09. The van der Waals surface area contributed by atoms with Gasteiger partial charge in [0.15, 0.2) is 5.78 Å². The van der Waals surface area contributed by atoms with Gasteiger partial charge in [0.2, 0.25) is 0 Å². The Kier molecular flexibility index (Phi) is 6.19. The maximum atomic E-state index is 12.2. The Morgan fingerprint density at radius 3 is 2.37 bits per heavy atom. The van der Waals surface area contributed by atoms with Crippen molar-refractivity contribution < 1.29 is 4.79 Å². The number of benzene rings is 1. The first-order valence-electron chi connectivity index (χ1n) is 6.84. The zero-order chi connectivity index (χ0) is 14.4. The topological polar surface area (TPSA) is 23.6 Å². The van der Waals surface area contributed by atoms with Crippen molar-refractivity contribution in [2.24, 2.45) is 0 Å². The molecule has 0 saturated heterocycles. The molecule has 0 bridgehead atoms. The third-order valence-corrected chi connectivity index (χ3v) is 3.24. The first kappa shape index (κ1) is 15.9. The Balaban J connectivity index is 2.50. The molecule has 0 aliphatic rings. The van der Waals surface area contributed by atoms with E-state index >= 15 is 0 Å². The molecule has 1 rings (SSSR count). The number of Topliss-reactive ketones (excluding diaryl/α,β-unsaturated/α-hetero) is 1. The fourth-order valence-corrected chi connectivity index (χ4v) is 2.19. The molecule has 0 unspecified atom stereocenters. The fraction of sp³-hybridized carbons (Fsp3) is 0.562. The lowest BCUT2D eigenvalue weighted by Crippen LogP contribution is -2.29. The average Bonchev–Trinajstić information content (AvgIpc) is 2.27. The number of aryl methyl sites for hydroxylation is 2. The van der Waals surface area contributed by atoms with Gasteiger partial charge in [0.1, 0.15) is 0 Å². The van der Waals surface area contributed by atoms with E-state index in [1.807, 2.05) is 26.1 Å². The van der Waals surface area contributed by atoms with Crippen LogP contribution in [0.25, 0.3) is 0 Å². The lowest BCUT2D eigenvalue weighted by atomic mass is 10.0. The summed E-state index contributed by atoms with van der Waals surface area (Å²) in [4.78, 5) is 16.5. The minimum absolute atomic E-state index is 0.213. The van der Waals surface area contributed by atoms with Crippen LogP contribution in [-0.2, 0) is 0 Å². The van der Waals surface area contributed by atoms with Crippen molar-refractivity contribution in [3.8, 4) is 0 Å². The molecule has 0 aromatic heterocycles. The molecule has 3 heteroatoms. The summed E-state index contributed by atoms with van der Waals surface area (Å²) in [6.45, 7) is 6.56. The molecule has 1 aromatic rings. The smallest absolute Gasteiger partial charge is 0.177 e. The van der Waals surface area contributed by atoms with E-state index in [1.165, 1.54) is 5.56 Å². The normalized spacial score (nSPS) is 11.3. The van der Waals surface area contributed by atoms with E-state index in [1.54, 1.807) is 0 Å². The molecule has 0 fully saturated rings. The van der Waals surface area contributed by atoms with Crippen LogP contribution in [0.2, 0.25) is 0 Å². The Morgan fingerprint density at radius 1 is 1.11 bits per heavy atom. The molecule has 1 aromatic carbocycles. The van der Waals surface area contributed by atoms with E-state index in [0.717, 1.165) is 30.6 Å². The van der Waals surface area contributed by atoms with Gasteiger partial charge in [-0.1, -0.05) is 23.8 Å². The Hall–Kier alpha value is -1.19. The second-order valence-electron chi connectivity index (χ2n) is 5.64. The predicted molar refractivity (Wildman–Crippen MR) is 80.9 cm³/mol. The maximum absolute atomic E-state index is 12.2. The monoisotopic (exact) mass is 262 g/mol. The summed E-state index contributed by atoms with van der Waals surface area (Å²) in [6, 6.07) is 6.02. The van der Waals surface area contributed by atoms with Gasteiger partial charge in [-0.25, -0.2) is 0 Å². The first-order valence-corrected chi connectivity index (χ1v) is 6.84. The molecule has 0 heterocycles. The van der Waals surface area contributed by atoms with E-state index in [-0.39, 0.29) is 5.78 Å². The van der Waals surface area contributed by atoms with Gasteiger partial charge in [-0.2, -0.15) is 0 Å². The summed E-state index contributed by atoms with van der Waals surface area (Å²) in [5.41, 5.74) is 3.13. The SMILES string of the molecule is Cc1ccc(C(=O)CN(C)CCCN(C)C)c(C)c1. The van der Waals surface area contributed by atoms with Crippen molar-refractivity contribution in [1.82, 2.24) is 9.80 Å². The van der Waals surface area contributed by atoms with Crippen molar-refractivity contribution in [2.45, 2.75) is 20.3 Å². The number of hydrogen-bond donors (Lipinski definition) is 0. The molecule has 0 spiro atoms. The van der Waals surface area contributed by atoms with Gasteiger partial charge >= 0.3 is 0 Å². The lowest BCUT2D eigenvalue weighted by Gasteiger charge is -2.18. The van der Waals surface area contributed by atoms with E-state index in [0.29, 0.717) is 6.54 Å². The Morgan fingerprint density at radius 2 is 1.79 bits per heavy atom. The molecular weight excluding hydrogens is 236 g/mol. The second kappa shape index (κ2) is 7.41. The van der Waals surface area contributed by atoms with Crippen LogP contribution in [0, 0.1) is 13.8 Å². The molecule has 0 radical (unpaired) electrons. The molecule has 3 nitrogen and oxygen atoms in total. The molecule has 0 amide bonds. The van der Waals surface area contributed by atoms with Crippen LogP contribution in [0.4, 0.5) is 0 Å². The first-order chi connectivity index (χ1) is 8.90. The number of rotatable bonds is 7. The van der Waals surface area contributed by atoms with Gasteiger partial charge < -0.3 is 4.90 Å². The quantitative estimate of drug-likeness (QED) is 0.705. The van der Waals surface area contributed by atoms with Crippen LogP contribution >= 0.6 is 0 Å². The Bertz CT molecular complexity index is 427. The van der Waals surface area contributed by atoms with Crippen LogP contribution in [0.5, 0.6) is 0 Å². The van der Waals surface area contributed by atoms with Crippen LogP contribution in [0.3, 0.4) is 0 Å². The lowest BCUT2D eigenvalue weighted by molar-refractivity contribution is 0.0944. The van der Waals surface area contributed by atoms with E-state index in [4.69, 9.17) is 0 Å². The van der Waals surface area contributed by atoms with Crippen LogP contribution < -0.4 is 0 Å². The van der Waals surface area contributed by atoms with Gasteiger partial charge in [-0.05, 0) is 60.1 Å². The molecule has 0 aliphatic heterocycles. The minimum Gasteiger partial charge on any atom is -0.309 e. The zero-order valence-electron chi connectivity index (χ0n) is 12.9. The van der Waals surface area contributed by atoms with Gasteiger partial charge in [0.25, 0.3) is 0 Å². The molecule has 106 valence electrons. The minimum atomic E-state index is 0.213. The summed E-state index contributed by atoms with van der Waals surface area (Å²) < 4.78 is 0. The number of likely N-dealkylation sites (N-methyl/N-ethyl adjacent to an activating group) is 1. The van der Waals surface area contributed by atoms with E-state index < -0.39 is 0 Å². The number of ketones is 1. The van der Waals surface area contributed by atoms with Crippen LogP contribution in [-0.4, -0.2) is 56.4 Å². The highest BCUT2D eigenvalue weighted by Crippen LogP contribution is 2.11. The van der Waals surface area contributed by atoms with E-state index in [2.05, 4.69) is 36.9 Å². The number of hydrogen-bond acceptors (Lipinski definition) is 3. The van der Waals surface area contributed by atoms with Gasteiger partial charge in [0, 0.05) is 5.56 Å². The molecule has 0 N–H and O–H groups in total.